The van der Waals surface area contributed by atoms with Crippen molar-refractivity contribution in [1.82, 2.24) is 15.2 Å². The number of benzene rings is 2. The number of aromatic nitrogens is 1. The lowest BCUT2D eigenvalue weighted by molar-refractivity contribution is -0.166. The van der Waals surface area contributed by atoms with E-state index in [1.54, 1.807) is 32.4 Å². The fourth-order valence-electron chi connectivity index (χ4n) is 6.50. The number of nitrogens with zero attached hydrogens (tertiary/aromatic N) is 2. The maximum atomic E-state index is 13.9. The van der Waals surface area contributed by atoms with Crippen LogP contribution in [-0.2, 0) is 32.8 Å². The summed E-state index contributed by atoms with van der Waals surface area (Å²) in [4.78, 5) is 35.2. The van der Waals surface area contributed by atoms with Gasteiger partial charge in [-0.15, -0.1) is 11.3 Å². The Kier molecular flexibility index (Phi) is 11.1. The molecule has 0 aliphatic carbocycles. The van der Waals surface area contributed by atoms with Crippen molar-refractivity contribution in [3.63, 3.8) is 0 Å². The average molecular weight is 725 g/mol. The quantitative estimate of drug-likeness (QED) is 0.143. The number of rotatable bonds is 13. The molecule has 4 aromatic rings. The summed E-state index contributed by atoms with van der Waals surface area (Å²) in [5, 5.41) is 4.19. The zero-order valence-corrected chi connectivity index (χ0v) is 29.9. The standard InChI is InChI=1S/C37H39Cl2N3O6S/c1-37(25-7-5-4-6-8-25,36(44)48-33-22-42-15-13-23(33)14-16-42)41-19-26-10-12-34(49-26)35(43)47-31(18-27-28(38)20-40-21-29(27)39)24-9-11-30(45-2)32(17-24)46-3/h4-12,17,20-21,23,31,33,41H,13-16,18-19,22H2,1-3H3/t31-,33-,37?/m0/s1. The molecule has 258 valence electrons. The van der Waals surface area contributed by atoms with Gasteiger partial charge in [0.2, 0.25) is 0 Å². The molecule has 2 aromatic carbocycles. The first-order valence-electron chi connectivity index (χ1n) is 16.2. The van der Waals surface area contributed by atoms with Gasteiger partial charge in [-0.25, -0.2) is 9.59 Å². The summed E-state index contributed by atoms with van der Waals surface area (Å²) in [6.07, 6.45) is 4.46. The Bertz CT molecular complexity index is 1760. The maximum Gasteiger partial charge on any atom is 0.348 e. The molecule has 49 heavy (non-hydrogen) atoms. The van der Waals surface area contributed by atoms with Crippen molar-refractivity contribution in [1.29, 1.82) is 0 Å². The Morgan fingerprint density at radius 1 is 1.00 bits per heavy atom. The molecule has 1 N–H and O–H groups in total. The molecule has 12 heteroatoms. The lowest BCUT2D eigenvalue weighted by Gasteiger charge is -2.45. The number of fused-ring (bicyclic) bond motifs is 3. The van der Waals surface area contributed by atoms with Crippen molar-refractivity contribution in [3.05, 3.63) is 110 Å². The van der Waals surface area contributed by atoms with Gasteiger partial charge in [-0.1, -0.05) is 59.6 Å². The largest absolute Gasteiger partial charge is 0.493 e. The molecule has 0 spiro atoms. The first-order chi connectivity index (χ1) is 23.7. The van der Waals surface area contributed by atoms with E-state index in [2.05, 4.69) is 15.2 Å². The van der Waals surface area contributed by atoms with Gasteiger partial charge in [-0.3, -0.25) is 15.2 Å². The first-order valence-corrected chi connectivity index (χ1v) is 17.8. The highest BCUT2D eigenvalue weighted by molar-refractivity contribution is 7.13. The number of hydrogen-bond donors (Lipinski definition) is 1. The Morgan fingerprint density at radius 2 is 1.71 bits per heavy atom. The number of piperidine rings is 3. The number of ether oxygens (including phenoxy) is 4. The van der Waals surface area contributed by atoms with Crippen LogP contribution in [0.1, 0.15) is 57.1 Å². The van der Waals surface area contributed by atoms with Crippen LogP contribution >= 0.6 is 34.5 Å². The molecule has 7 rings (SSSR count). The molecule has 3 saturated heterocycles. The first kappa shape index (κ1) is 35.2. The highest BCUT2D eigenvalue weighted by atomic mass is 35.5. The van der Waals surface area contributed by atoms with Crippen LogP contribution in [-0.4, -0.2) is 61.8 Å². The van der Waals surface area contributed by atoms with Gasteiger partial charge in [0.05, 0.1) is 24.3 Å². The summed E-state index contributed by atoms with van der Waals surface area (Å²) in [5.41, 5.74) is 0.990. The minimum Gasteiger partial charge on any atom is -0.493 e. The monoisotopic (exact) mass is 723 g/mol. The number of nitrogens with one attached hydrogen (secondary N) is 1. The molecule has 9 nitrogen and oxygen atoms in total. The molecular weight excluding hydrogens is 685 g/mol. The molecule has 3 fully saturated rings. The van der Waals surface area contributed by atoms with Gasteiger partial charge in [0.25, 0.3) is 0 Å². The topological polar surface area (TPSA) is 99.2 Å². The second-order valence-corrected chi connectivity index (χ2v) is 14.5. The van der Waals surface area contributed by atoms with E-state index in [4.69, 9.17) is 42.1 Å². The van der Waals surface area contributed by atoms with Crippen molar-refractivity contribution < 1.29 is 28.5 Å². The van der Waals surface area contributed by atoms with Crippen LogP contribution in [0, 0.1) is 5.92 Å². The highest BCUT2D eigenvalue weighted by Crippen LogP contribution is 2.37. The number of halogens is 2. The normalized spacial score (nSPS) is 20.2. The second kappa shape index (κ2) is 15.5. The Labute approximate surface area is 300 Å². The van der Waals surface area contributed by atoms with E-state index in [0.29, 0.717) is 50.0 Å². The predicted molar refractivity (Wildman–Crippen MR) is 190 cm³/mol. The van der Waals surface area contributed by atoms with E-state index in [1.165, 1.54) is 23.7 Å². The minimum atomic E-state index is -1.10. The third-order valence-corrected chi connectivity index (χ3v) is 11.2. The molecule has 3 aliphatic rings. The fourth-order valence-corrected chi connectivity index (χ4v) is 7.85. The molecule has 5 heterocycles. The van der Waals surface area contributed by atoms with E-state index >= 15 is 0 Å². The molecule has 3 aliphatic heterocycles. The van der Waals surface area contributed by atoms with Gasteiger partial charge in [0.15, 0.2) is 11.5 Å². The van der Waals surface area contributed by atoms with Gasteiger partial charge < -0.3 is 18.9 Å². The number of esters is 2. The predicted octanol–water partition coefficient (Wildman–Crippen LogP) is 7.25. The van der Waals surface area contributed by atoms with Gasteiger partial charge in [-0.2, -0.15) is 0 Å². The molecule has 2 bridgehead atoms. The van der Waals surface area contributed by atoms with Crippen molar-refractivity contribution in [3.8, 4) is 11.5 Å². The second-order valence-electron chi connectivity index (χ2n) is 12.5. The molecular formula is C37H39Cl2N3O6S. The maximum absolute atomic E-state index is 13.9. The molecule has 2 aromatic heterocycles. The molecule has 0 amide bonds. The lowest BCUT2D eigenvalue weighted by Crippen LogP contribution is -2.55. The number of carbonyl (C=O) groups excluding carboxylic acids is 2. The van der Waals surface area contributed by atoms with Crippen molar-refractivity contribution in [2.75, 3.05) is 33.9 Å². The smallest absolute Gasteiger partial charge is 0.348 e. The number of hydrogen-bond acceptors (Lipinski definition) is 10. The zero-order chi connectivity index (χ0) is 34.5. The third kappa shape index (κ3) is 7.89. The zero-order valence-electron chi connectivity index (χ0n) is 27.6. The van der Waals surface area contributed by atoms with Gasteiger partial charge in [0, 0.05) is 36.8 Å². The van der Waals surface area contributed by atoms with E-state index in [9.17, 15) is 9.59 Å². The summed E-state index contributed by atoms with van der Waals surface area (Å²) in [6, 6.07) is 18.5. The van der Waals surface area contributed by atoms with Crippen molar-refractivity contribution in [2.24, 2.45) is 5.92 Å². The van der Waals surface area contributed by atoms with Gasteiger partial charge in [0.1, 0.15) is 22.6 Å². The van der Waals surface area contributed by atoms with Gasteiger partial charge in [-0.05, 0) is 79.7 Å². The summed E-state index contributed by atoms with van der Waals surface area (Å²) >= 11 is 14.2. The number of thiophene rings is 1. The van der Waals surface area contributed by atoms with Crippen LogP contribution in [0.3, 0.4) is 0 Å². The van der Waals surface area contributed by atoms with Crippen LogP contribution in [0.5, 0.6) is 11.5 Å². The third-order valence-electron chi connectivity index (χ3n) is 9.46. The minimum absolute atomic E-state index is 0.113. The Balaban J connectivity index is 1.19. The number of methoxy groups -OCH3 is 2. The van der Waals surface area contributed by atoms with E-state index in [-0.39, 0.29) is 18.5 Å². The molecule has 1 unspecified atom stereocenters. The fraction of sp³-hybridized carbons (Fsp3) is 0.378. The van der Waals surface area contributed by atoms with E-state index < -0.39 is 17.6 Å². The summed E-state index contributed by atoms with van der Waals surface area (Å²) in [5.74, 6) is 0.616. The van der Waals surface area contributed by atoms with Crippen LogP contribution < -0.4 is 14.8 Å². The lowest BCUT2D eigenvalue weighted by atomic mass is 9.85. The molecule has 3 atom stereocenters. The number of carbonyl (C=O) groups is 2. The summed E-state index contributed by atoms with van der Waals surface area (Å²) in [7, 11) is 3.10. The van der Waals surface area contributed by atoms with Crippen molar-refractivity contribution >= 4 is 46.5 Å². The van der Waals surface area contributed by atoms with Gasteiger partial charge >= 0.3 is 11.9 Å². The van der Waals surface area contributed by atoms with E-state index in [0.717, 1.165) is 42.9 Å². The average Bonchev–Trinajstić information content (AvgIpc) is 3.61. The summed E-state index contributed by atoms with van der Waals surface area (Å²) in [6.45, 7) is 5.10. The SMILES string of the molecule is COc1ccc([C@H](Cc2c(Cl)cncc2Cl)OC(=O)c2ccc(CNC(C)(C(=O)O[C@H]3CN4CCC3CC4)c3ccccc3)s2)cc1OC. The Hall–Kier alpha value is -3.67. The Morgan fingerprint density at radius 3 is 2.37 bits per heavy atom. The van der Waals surface area contributed by atoms with Crippen LogP contribution in [0.15, 0.2) is 73.1 Å². The molecule has 0 radical (unpaired) electrons. The van der Waals surface area contributed by atoms with Crippen LogP contribution in [0.4, 0.5) is 0 Å². The van der Waals surface area contributed by atoms with Crippen molar-refractivity contribution in [2.45, 2.75) is 50.5 Å². The van der Waals surface area contributed by atoms with Crippen LogP contribution in [0.25, 0.3) is 0 Å². The molecule has 0 saturated carbocycles. The van der Waals surface area contributed by atoms with E-state index in [1.807, 2.05) is 49.4 Å². The van der Waals surface area contributed by atoms with Crippen LogP contribution in [0.2, 0.25) is 10.0 Å². The highest BCUT2D eigenvalue weighted by Gasteiger charge is 2.42. The number of pyridine rings is 1. The summed E-state index contributed by atoms with van der Waals surface area (Å²) < 4.78 is 23.2.